The van der Waals surface area contributed by atoms with Crippen molar-refractivity contribution in [2.45, 2.75) is 25.9 Å². The number of ether oxygens (including phenoxy) is 1. The summed E-state index contributed by atoms with van der Waals surface area (Å²) in [5.74, 6) is 0.908. The molecule has 4 rings (SSSR count). The third kappa shape index (κ3) is 4.08. The highest BCUT2D eigenvalue weighted by atomic mass is 32.1. The molecule has 4 aromatic rings. The van der Waals surface area contributed by atoms with E-state index in [1.807, 2.05) is 0 Å². The van der Waals surface area contributed by atoms with E-state index < -0.39 is 6.61 Å². The van der Waals surface area contributed by atoms with E-state index in [2.05, 4.69) is 24.8 Å². The Morgan fingerprint density at radius 3 is 2.74 bits per heavy atom. The lowest BCUT2D eigenvalue weighted by Gasteiger charge is -2.05. The van der Waals surface area contributed by atoms with Gasteiger partial charge in [0.05, 0.1) is 10.4 Å². The van der Waals surface area contributed by atoms with E-state index >= 15 is 0 Å². The summed E-state index contributed by atoms with van der Waals surface area (Å²) in [4.78, 5) is 14.1. The lowest BCUT2D eigenvalue weighted by atomic mass is 10.1. The van der Waals surface area contributed by atoms with Gasteiger partial charge in [-0.2, -0.15) is 13.9 Å². The van der Waals surface area contributed by atoms with Gasteiger partial charge in [-0.05, 0) is 30.5 Å². The van der Waals surface area contributed by atoms with Crippen LogP contribution < -0.4 is 4.74 Å². The summed E-state index contributed by atoms with van der Waals surface area (Å²) in [6.45, 7) is -2.80. The maximum atomic E-state index is 12.2. The number of aromatic nitrogens is 5. The number of fused-ring (bicyclic) bond motifs is 1. The van der Waals surface area contributed by atoms with Crippen LogP contribution in [0, 0.1) is 0 Å². The highest BCUT2D eigenvalue weighted by Gasteiger charge is 2.12. The van der Waals surface area contributed by atoms with Gasteiger partial charge >= 0.3 is 6.61 Å². The Labute approximate surface area is 157 Å². The molecular formula is C18H15F2N5OS. The molecule has 0 amide bonds. The maximum Gasteiger partial charge on any atom is 0.387 e. The maximum absolute atomic E-state index is 12.2. The van der Waals surface area contributed by atoms with Gasteiger partial charge in [0.1, 0.15) is 11.4 Å². The topological polar surface area (TPSA) is 65.2 Å². The average Bonchev–Trinajstić information content (AvgIpc) is 3.31. The molecule has 27 heavy (non-hydrogen) atoms. The van der Waals surface area contributed by atoms with Gasteiger partial charge in [-0.15, -0.1) is 11.3 Å². The van der Waals surface area contributed by atoms with Crippen molar-refractivity contribution in [3.8, 4) is 16.3 Å². The Balaban J connectivity index is 1.41. The molecule has 0 fully saturated rings. The van der Waals surface area contributed by atoms with E-state index in [4.69, 9.17) is 0 Å². The van der Waals surface area contributed by atoms with Crippen LogP contribution >= 0.6 is 11.3 Å². The highest BCUT2D eigenvalue weighted by Crippen LogP contribution is 2.24. The molecule has 0 atom stereocenters. The largest absolute Gasteiger partial charge is 0.435 e. The van der Waals surface area contributed by atoms with Crippen LogP contribution in [0.2, 0.25) is 0 Å². The molecule has 0 saturated carbocycles. The molecule has 138 valence electrons. The summed E-state index contributed by atoms with van der Waals surface area (Å²) in [6, 6.07) is 6.69. The summed E-state index contributed by atoms with van der Waals surface area (Å²) >= 11 is 1.51. The molecular weight excluding hydrogens is 372 g/mol. The van der Waals surface area contributed by atoms with Crippen molar-refractivity contribution in [2.24, 2.45) is 0 Å². The first-order chi connectivity index (χ1) is 13.2. The number of hydrogen-bond acceptors (Lipinski definition) is 6. The van der Waals surface area contributed by atoms with Gasteiger partial charge in [-0.25, -0.2) is 14.5 Å². The minimum absolute atomic E-state index is 0.166. The molecule has 0 aliphatic carbocycles. The molecule has 1 aromatic carbocycles. The van der Waals surface area contributed by atoms with Crippen LogP contribution in [0.25, 0.3) is 16.2 Å². The predicted molar refractivity (Wildman–Crippen MR) is 97.0 cm³/mol. The van der Waals surface area contributed by atoms with E-state index in [0.717, 1.165) is 34.8 Å². The van der Waals surface area contributed by atoms with Gasteiger partial charge < -0.3 is 4.74 Å². The number of alkyl halides is 2. The number of thiazole rings is 1. The number of nitrogens with zero attached hydrogens (tertiary/aromatic N) is 5. The SMILES string of the molecule is FC(F)Oc1ccc(CCCc2nc3c(-c4cncs4)nccn3n2)cc1. The molecule has 0 aliphatic rings. The fourth-order valence-corrected chi connectivity index (χ4v) is 3.37. The van der Waals surface area contributed by atoms with Crippen LogP contribution in [0.3, 0.4) is 0 Å². The van der Waals surface area contributed by atoms with E-state index in [-0.39, 0.29) is 5.75 Å². The van der Waals surface area contributed by atoms with Crippen LogP contribution in [0.1, 0.15) is 17.8 Å². The van der Waals surface area contributed by atoms with Crippen LogP contribution in [0.15, 0.2) is 48.4 Å². The van der Waals surface area contributed by atoms with Crippen LogP contribution in [-0.4, -0.2) is 31.2 Å². The predicted octanol–water partition coefficient (Wildman–Crippen LogP) is 4.02. The van der Waals surface area contributed by atoms with Gasteiger partial charge in [0, 0.05) is 25.0 Å². The molecule has 0 aliphatic heterocycles. The van der Waals surface area contributed by atoms with E-state index in [9.17, 15) is 8.78 Å². The summed E-state index contributed by atoms with van der Waals surface area (Å²) in [6.07, 6.45) is 7.59. The van der Waals surface area contributed by atoms with Crippen LogP contribution in [0.4, 0.5) is 8.78 Å². The van der Waals surface area contributed by atoms with Gasteiger partial charge in [0.15, 0.2) is 11.5 Å². The molecule has 0 spiro atoms. The Morgan fingerprint density at radius 2 is 2.00 bits per heavy atom. The molecule has 0 radical (unpaired) electrons. The van der Waals surface area contributed by atoms with Crippen molar-refractivity contribution in [1.29, 1.82) is 0 Å². The minimum Gasteiger partial charge on any atom is -0.435 e. The standard InChI is InChI=1S/C18H15F2N5OS/c19-18(20)26-13-6-4-12(5-7-13)2-1-3-15-23-17-16(14-10-21-11-27-14)22-8-9-25(17)24-15/h4-11,18H,1-3H2. The van der Waals surface area contributed by atoms with Crippen molar-refractivity contribution >= 4 is 17.0 Å². The molecule has 3 heterocycles. The van der Waals surface area contributed by atoms with Gasteiger partial charge in [-0.3, -0.25) is 4.98 Å². The van der Waals surface area contributed by atoms with Gasteiger partial charge in [0.2, 0.25) is 0 Å². The number of benzene rings is 1. The van der Waals surface area contributed by atoms with Crippen molar-refractivity contribution in [1.82, 2.24) is 24.6 Å². The number of hydrogen-bond donors (Lipinski definition) is 0. The Morgan fingerprint density at radius 1 is 1.15 bits per heavy atom. The zero-order valence-electron chi connectivity index (χ0n) is 14.1. The third-order valence-electron chi connectivity index (χ3n) is 3.98. The number of rotatable bonds is 7. The van der Waals surface area contributed by atoms with Crippen molar-refractivity contribution in [3.63, 3.8) is 0 Å². The summed E-state index contributed by atoms with van der Waals surface area (Å²) in [5, 5.41) is 4.51. The second-order valence-electron chi connectivity index (χ2n) is 5.81. The summed E-state index contributed by atoms with van der Waals surface area (Å²) < 4.78 is 30.4. The lowest BCUT2D eigenvalue weighted by Crippen LogP contribution is -2.01. The van der Waals surface area contributed by atoms with E-state index in [1.165, 1.54) is 11.3 Å². The number of aryl methyl sites for hydroxylation is 2. The highest BCUT2D eigenvalue weighted by molar-refractivity contribution is 7.13. The van der Waals surface area contributed by atoms with Gasteiger partial charge in [-0.1, -0.05) is 12.1 Å². The van der Waals surface area contributed by atoms with Crippen molar-refractivity contribution in [2.75, 3.05) is 0 Å². The zero-order chi connectivity index (χ0) is 18.6. The molecule has 0 bridgehead atoms. The average molecular weight is 387 g/mol. The molecule has 6 nitrogen and oxygen atoms in total. The fourth-order valence-electron chi connectivity index (χ4n) is 2.76. The first kappa shape index (κ1) is 17.5. The molecule has 0 saturated heterocycles. The van der Waals surface area contributed by atoms with Crippen LogP contribution in [-0.2, 0) is 12.8 Å². The Hall–Kier alpha value is -2.94. The number of halogens is 2. The molecule has 9 heteroatoms. The monoisotopic (exact) mass is 387 g/mol. The third-order valence-corrected chi connectivity index (χ3v) is 4.76. The van der Waals surface area contributed by atoms with Crippen molar-refractivity contribution in [3.05, 3.63) is 59.8 Å². The quantitative estimate of drug-likeness (QED) is 0.479. The smallest absolute Gasteiger partial charge is 0.387 e. The second kappa shape index (κ2) is 7.75. The second-order valence-corrected chi connectivity index (χ2v) is 6.70. The van der Waals surface area contributed by atoms with Crippen LogP contribution in [0.5, 0.6) is 5.75 Å². The lowest BCUT2D eigenvalue weighted by molar-refractivity contribution is -0.0498. The molecule has 3 aromatic heterocycles. The van der Waals surface area contributed by atoms with E-state index in [1.54, 1.807) is 52.9 Å². The Bertz CT molecular complexity index is 1020. The first-order valence-electron chi connectivity index (χ1n) is 8.32. The fraction of sp³-hybridized carbons (Fsp3) is 0.222. The van der Waals surface area contributed by atoms with E-state index in [0.29, 0.717) is 12.1 Å². The molecule has 0 N–H and O–H groups in total. The zero-order valence-corrected chi connectivity index (χ0v) is 14.9. The Kier molecular flexibility index (Phi) is 5.01. The summed E-state index contributed by atoms with van der Waals surface area (Å²) in [7, 11) is 0. The molecule has 0 unspecified atom stereocenters. The normalized spacial score (nSPS) is 11.4. The van der Waals surface area contributed by atoms with Crippen molar-refractivity contribution < 1.29 is 13.5 Å². The minimum atomic E-state index is -2.80. The summed E-state index contributed by atoms with van der Waals surface area (Å²) in [5.41, 5.74) is 4.29. The first-order valence-corrected chi connectivity index (χ1v) is 9.20. The van der Waals surface area contributed by atoms with Gasteiger partial charge in [0.25, 0.3) is 0 Å².